The van der Waals surface area contributed by atoms with E-state index in [1.807, 2.05) is 26.0 Å². The number of hydrogen-bond donors (Lipinski definition) is 1. The molecule has 0 unspecified atom stereocenters. The lowest BCUT2D eigenvalue weighted by molar-refractivity contribution is 0.102. The van der Waals surface area contributed by atoms with Crippen molar-refractivity contribution in [2.24, 2.45) is 0 Å². The summed E-state index contributed by atoms with van der Waals surface area (Å²) in [4.78, 5) is 13.8. The van der Waals surface area contributed by atoms with Gasteiger partial charge in [-0.1, -0.05) is 29.2 Å². The van der Waals surface area contributed by atoms with Crippen LogP contribution < -0.4 is 5.73 Å². The van der Waals surface area contributed by atoms with Gasteiger partial charge in [0.2, 0.25) is 5.13 Å². The molecule has 0 saturated carbocycles. The molecule has 0 aromatic carbocycles. The van der Waals surface area contributed by atoms with Gasteiger partial charge in [0.15, 0.2) is 10.1 Å². The van der Waals surface area contributed by atoms with Gasteiger partial charge in [-0.05, 0) is 31.4 Å². The zero-order valence-corrected chi connectivity index (χ0v) is 15.2. The Hall–Kier alpha value is -1.64. The molecule has 5 nitrogen and oxygen atoms in total. The molecule has 0 aliphatic heterocycles. The van der Waals surface area contributed by atoms with Crippen molar-refractivity contribution in [3.8, 4) is 0 Å². The Labute approximate surface area is 146 Å². The van der Waals surface area contributed by atoms with Crippen LogP contribution in [0.25, 0.3) is 0 Å². The summed E-state index contributed by atoms with van der Waals surface area (Å²) in [6.07, 6.45) is 0. The summed E-state index contributed by atoms with van der Waals surface area (Å²) in [7, 11) is 0. The quantitative estimate of drug-likeness (QED) is 0.534. The fourth-order valence-electron chi connectivity index (χ4n) is 2.37. The van der Waals surface area contributed by atoms with Crippen LogP contribution in [-0.4, -0.2) is 26.3 Å². The van der Waals surface area contributed by atoms with Crippen LogP contribution in [0.2, 0.25) is 0 Å². The molecule has 0 radical (unpaired) electrons. The maximum atomic E-state index is 12.5. The van der Waals surface area contributed by atoms with Gasteiger partial charge in [-0.15, -0.1) is 21.5 Å². The topological polar surface area (TPSA) is 73.8 Å². The summed E-state index contributed by atoms with van der Waals surface area (Å²) >= 11 is 4.41. The largest absolute Gasteiger partial charge is 0.374 e. The van der Waals surface area contributed by atoms with Crippen molar-refractivity contribution < 1.29 is 4.79 Å². The SMILES string of the molecule is Cc1cc(C(=O)CSc2nnc(N)s2)c(C)n1Cc1cccs1. The zero-order valence-electron chi connectivity index (χ0n) is 12.8. The van der Waals surface area contributed by atoms with Gasteiger partial charge >= 0.3 is 0 Å². The van der Waals surface area contributed by atoms with Crippen molar-refractivity contribution >= 4 is 45.4 Å². The standard InChI is InChI=1S/C15H16N4OS3/c1-9-6-12(10(2)19(9)7-11-4-3-5-21-11)13(20)8-22-15-18-17-14(16)23-15/h3-6H,7-8H2,1-2H3,(H2,16,17). The summed E-state index contributed by atoms with van der Waals surface area (Å²) in [6, 6.07) is 6.13. The third-order valence-corrected chi connectivity index (χ3v) is 6.26. The van der Waals surface area contributed by atoms with Crippen LogP contribution in [0, 0.1) is 13.8 Å². The first-order valence-corrected chi connectivity index (χ1v) is 9.67. The number of aromatic nitrogens is 3. The maximum absolute atomic E-state index is 12.5. The van der Waals surface area contributed by atoms with E-state index in [2.05, 4.69) is 26.2 Å². The number of nitrogens with two attached hydrogens (primary N) is 1. The fourth-order valence-corrected chi connectivity index (χ4v) is 4.58. The molecule has 23 heavy (non-hydrogen) atoms. The lowest BCUT2D eigenvalue weighted by atomic mass is 10.2. The first-order chi connectivity index (χ1) is 11.0. The van der Waals surface area contributed by atoms with Crippen LogP contribution >= 0.6 is 34.4 Å². The molecule has 0 aliphatic carbocycles. The minimum absolute atomic E-state index is 0.106. The van der Waals surface area contributed by atoms with E-state index >= 15 is 0 Å². The smallest absolute Gasteiger partial charge is 0.203 e. The minimum atomic E-state index is 0.106. The number of aryl methyl sites for hydroxylation is 1. The summed E-state index contributed by atoms with van der Waals surface area (Å²) in [5.41, 5.74) is 8.45. The predicted molar refractivity (Wildman–Crippen MR) is 96.7 cm³/mol. The third-order valence-electron chi connectivity index (χ3n) is 3.52. The molecule has 3 aromatic rings. The number of carbonyl (C=O) groups excluding carboxylic acids is 1. The molecule has 0 aliphatic rings. The van der Waals surface area contributed by atoms with Crippen LogP contribution in [0.1, 0.15) is 26.6 Å². The molecule has 0 spiro atoms. The van der Waals surface area contributed by atoms with E-state index in [0.29, 0.717) is 10.9 Å². The highest BCUT2D eigenvalue weighted by Crippen LogP contribution is 2.26. The van der Waals surface area contributed by atoms with Gasteiger partial charge in [-0.3, -0.25) is 4.79 Å². The van der Waals surface area contributed by atoms with Gasteiger partial charge in [0.25, 0.3) is 0 Å². The summed E-state index contributed by atoms with van der Waals surface area (Å²) < 4.78 is 2.91. The Bertz CT molecular complexity index is 820. The first-order valence-electron chi connectivity index (χ1n) is 6.98. The highest BCUT2D eigenvalue weighted by atomic mass is 32.2. The van der Waals surface area contributed by atoms with E-state index < -0.39 is 0 Å². The highest BCUT2D eigenvalue weighted by molar-refractivity contribution is 8.01. The van der Waals surface area contributed by atoms with Crippen LogP contribution in [0.3, 0.4) is 0 Å². The number of thiophene rings is 1. The number of Topliss-reactive ketones (excluding diaryl/α,β-unsaturated/α-hetero) is 1. The van der Waals surface area contributed by atoms with Crippen LogP contribution in [0.5, 0.6) is 0 Å². The second-order valence-electron chi connectivity index (χ2n) is 5.07. The molecule has 8 heteroatoms. The summed E-state index contributed by atoms with van der Waals surface area (Å²) in [5, 5.41) is 10.2. The summed E-state index contributed by atoms with van der Waals surface area (Å²) in [5.74, 6) is 0.451. The monoisotopic (exact) mass is 364 g/mol. The van der Waals surface area contributed by atoms with E-state index in [1.165, 1.54) is 28.0 Å². The fraction of sp³-hybridized carbons (Fsp3) is 0.267. The van der Waals surface area contributed by atoms with Crippen molar-refractivity contribution in [1.82, 2.24) is 14.8 Å². The second kappa shape index (κ2) is 6.86. The Morgan fingerprint density at radius 2 is 2.22 bits per heavy atom. The molecular formula is C15H16N4OS3. The molecule has 3 rings (SSSR count). The Morgan fingerprint density at radius 1 is 1.39 bits per heavy atom. The number of rotatable bonds is 6. The van der Waals surface area contributed by atoms with Gasteiger partial charge in [0, 0.05) is 21.8 Å². The van der Waals surface area contributed by atoms with Crippen molar-refractivity contribution in [3.63, 3.8) is 0 Å². The average Bonchev–Trinajstić information content (AvgIpc) is 3.23. The van der Waals surface area contributed by atoms with Crippen LogP contribution in [0.15, 0.2) is 27.9 Å². The van der Waals surface area contributed by atoms with E-state index in [0.717, 1.165) is 27.8 Å². The Kier molecular flexibility index (Phi) is 4.84. The van der Waals surface area contributed by atoms with Crippen LogP contribution in [-0.2, 0) is 6.54 Å². The van der Waals surface area contributed by atoms with Crippen molar-refractivity contribution in [2.75, 3.05) is 11.5 Å². The van der Waals surface area contributed by atoms with Crippen molar-refractivity contribution in [2.45, 2.75) is 24.7 Å². The number of ketones is 1. The number of nitrogen functional groups attached to an aromatic ring is 1. The van der Waals surface area contributed by atoms with E-state index in [9.17, 15) is 4.79 Å². The molecule has 0 amide bonds. The number of thioether (sulfide) groups is 1. The highest BCUT2D eigenvalue weighted by Gasteiger charge is 2.17. The van der Waals surface area contributed by atoms with Gasteiger partial charge in [0.05, 0.1) is 12.3 Å². The Morgan fingerprint density at radius 3 is 2.87 bits per heavy atom. The number of hydrogen-bond acceptors (Lipinski definition) is 7. The number of nitrogens with zero attached hydrogens (tertiary/aromatic N) is 3. The van der Waals surface area contributed by atoms with Crippen molar-refractivity contribution in [3.05, 3.63) is 45.4 Å². The van der Waals surface area contributed by atoms with Crippen LogP contribution in [0.4, 0.5) is 5.13 Å². The average molecular weight is 365 g/mol. The lowest BCUT2D eigenvalue weighted by Gasteiger charge is -2.08. The molecule has 0 saturated heterocycles. The van der Waals surface area contributed by atoms with Gasteiger partial charge in [-0.25, -0.2) is 0 Å². The number of carbonyl (C=O) groups is 1. The zero-order chi connectivity index (χ0) is 16.4. The molecule has 0 atom stereocenters. The first kappa shape index (κ1) is 16.2. The predicted octanol–water partition coefficient (Wildman–Crippen LogP) is 3.62. The van der Waals surface area contributed by atoms with Gasteiger partial charge in [0.1, 0.15) is 0 Å². The number of anilines is 1. The van der Waals surface area contributed by atoms with E-state index in [4.69, 9.17) is 5.73 Å². The minimum Gasteiger partial charge on any atom is -0.374 e. The van der Waals surface area contributed by atoms with E-state index in [-0.39, 0.29) is 5.78 Å². The molecule has 2 N–H and O–H groups in total. The van der Waals surface area contributed by atoms with Gasteiger partial charge in [-0.2, -0.15) is 0 Å². The van der Waals surface area contributed by atoms with Crippen molar-refractivity contribution in [1.29, 1.82) is 0 Å². The molecular weight excluding hydrogens is 348 g/mol. The molecule has 0 bridgehead atoms. The lowest BCUT2D eigenvalue weighted by Crippen LogP contribution is -2.07. The maximum Gasteiger partial charge on any atom is 0.203 e. The molecule has 120 valence electrons. The normalized spacial score (nSPS) is 11.0. The summed E-state index contributed by atoms with van der Waals surface area (Å²) in [6.45, 7) is 4.85. The molecule has 3 heterocycles. The third kappa shape index (κ3) is 3.65. The molecule has 3 aromatic heterocycles. The second-order valence-corrected chi connectivity index (χ2v) is 8.33. The Balaban J connectivity index is 1.73. The van der Waals surface area contributed by atoms with E-state index in [1.54, 1.807) is 11.3 Å². The van der Waals surface area contributed by atoms with Gasteiger partial charge < -0.3 is 10.3 Å². The molecule has 0 fully saturated rings.